The number of ether oxygens (including phenoxy) is 1. The summed E-state index contributed by atoms with van der Waals surface area (Å²) in [5.74, 6) is 0. The second-order valence-corrected chi connectivity index (χ2v) is 5.79. The Morgan fingerprint density at radius 1 is 0.824 bits per heavy atom. The van der Waals surface area contributed by atoms with E-state index in [0.717, 1.165) is 6.61 Å². The highest BCUT2D eigenvalue weighted by atomic mass is 16.5. The molecule has 0 aromatic heterocycles. The summed E-state index contributed by atoms with van der Waals surface area (Å²) in [7, 11) is 0. The topological polar surface area (TPSA) is 9.23 Å². The smallest absolute Gasteiger partial charge is 0.0598 e. The maximum Gasteiger partial charge on any atom is 0.0598 e. The largest absolute Gasteiger partial charge is 0.376 e. The second kappa shape index (κ2) is 10.8. The Kier molecular flexibility index (Phi) is 10.6. The molecule has 1 heteroatoms. The van der Waals surface area contributed by atoms with Gasteiger partial charge in [-0.1, -0.05) is 44.3 Å². The zero-order valence-electron chi connectivity index (χ0n) is 12.4. The first kappa shape index (κ1) is 16.7. The van der Waals surface area contributed by atoms with Gasteiger partial charge in [-0.15, -0.1) is 0 Å². The molecule has 17 heavy (non-hydrogen) atoms. The molecule has 0 aliphatic rings. The summed E-state index contributed by atoms with van der Waals surface area (Å²) in [6, 6.07) is 0. The van der Waals surface area contributed by atoms with E-state index in [2.05, 4.69) is 39.8 Å². The Morgan fingerprint density at radius 2 is 1.35 bits per heavy atom. The fourth-order valence-electron chi connectivity index (χ4n) is 1.79. The fourth-order valence-corrected chi connectivity index (χ4v) is 1.79. The van der Waals surface area contributed by atoms with Crippen molar-refractivity contribution in [3.8, 4) is 0 Å². The van der Waals surface area contributed by atoms with E-state index in [1.807, 2.05) is 0 Å². The maximum absolute atomic E-state index is 5.69. The van der Waals surface area contributed by atoms with Crippen LogP contribution in [0.3, 0.4) is 0 Å². The minimum Gasteiger partial charge on any atom is -0.376 e. The van der Waals surface area contributed by atoms with E-state index in [-0.39, 0.29) is 5.60 Å². The Balaban J connectivity index is 3.04. The molecule has 0 radical (unpaired) electrons. The van der Waals surface area contributed by atoms with Gasteiger partial charge in [0.25, 0.3) is 0 Å². The second-order valence-electron chi connectivity index (χ2n) is 5.79. The van der Waals surface area contributed by atoms with Crippen molar-refractivity contribution in [2.45, 2.75) is 84.7 Å². The van der Waals surface area contributed by atoms with Crippen molar-refractivity contribution in [1.29, 1.82) is 0 Å². The Bertz CT molecular complexity index is 176. The third-order valence-electron chi connectivity index (χ3n) is 2.79. The maximum atomic E-state index is 5.69. The fraction of sp³-hybridized carbons (Fsp3) is 0.875. The van der Waals surface area contributed by atoms with Gasteiger partial charge in [-0.25, -0.2) is 0 Å². The molecule has 0 unspecified atom stereocenters. The lowest BCUT2D eigenvalue weighted by atomic mass is 10.1. The minimum absolute atomic E-state index is 0.0345. The number of unbranched alkanes of at least 4 members (excludes halogenated alkanes) is 7. The third kappa shape index (κ3) is 15.7. The molecule has 0 atom stereocenters. The highest BCUT2D eigenvalue weighted by Gasteiger charge is 2.08. The first-order valence-electron chi connectivity index (χ1n) is 7.31. The number of allylic oxidation sites excluding steroid dienone is 2. The van der Waals surface area contributed by atoms with Gasteiger partial charge in [0.05, 0.1) is 5.60 Å². The Morgan fingerprint density at radius 3 is 1.88 bits per heavy atom. The zero-order valence-corrected chi connectivity index (χ0v) is 12.4. The third-order valence-corrected chi connectivity index (χ3v) is 2.79. The van der Waals surface area contributed by atoms with Crippen LogP contribution in [0.25, 0.3) is 0 Å². The first-order valence-corrected chi connectivity index (χ1v) is 7.31. The quantitative estimate of drug-likeness (QED) is 0.362. The van der Waals surface area contributed by atoms with Gasteiger partial charge in [0.2, 0.25) is 0 Å². The molecule has 0 heterocycles. The number of hydrogen-bond acceptors (Lipinski definition) is 1. The summed E-state index contributed by atoms with van der Waals surface area (Å²) < 4.78 is 5.69. The van der Waals surface area contributed by atoms with E-state index >= 15 is 0 Å². The predicted octanol–water partition coefficient (Wildman–Crippen LogP) is 5.50. The molecule has 0 saturated carbocycles. The van der Waals surface area contributed by atoms with Crippen molar-refractivity contribution in [1.82, 2.24) is 0 Å². The summed E-state index contributed by atoms with van der Waals surface area (Å²) in [6.07, 6.45) is 15.1. The Hall–Kier alpha value is -0.300. The highest BCUT2D eigenvalue weighted by Crippen LogP contribution is 2.11. The van der Waals surface area contributed by atoms with Gasteiger partial charge in [-0.2, -0.15) is 0 Å². The van der Waals surface area contributed by atoms with Crippen LogP contribution in [-0.4, -0.2) is 12.2 Å². The van der Waals surface area contributed by atoms with Crippen LogP contribution in [0.2, 0.25) is 0 Å². The normalized spacial score (nSPS) is 12.5. The SMILES string of the molecule is CC=CCCCCCCCCCOC(C)(C)C. The van der Waals surface area contributed by atoms with Gasteiger partial charge in [0.1, 0.15) is 0 Å². The molecule has 0 aromatic rings. The average Bonchev–Trinajstić information content (AvgIpc) is 2.24. The van der Waals surface area contributed by atoms with Crippen molar-refractivity contribution in [2.24, 2.45) is 0 Å². The van der Waals surface area contributed by atoms with Crippen molar-refractivity contribution in [2.75, 3.05) is 6.61 Å². The monoisotopic (exact) mass is 240 g/mol. The molecule has 0 aliphatic heterocycles. The van der Waals surface area contributed by atoms with Gasteiger partial charge in [0.15, 0.2) is 0 Å². The van der Waals surface area contributed by atoms with E-state index < -0.39 is 0 Å². The Labute approximate surface area is 109 Å². The van der Waals surface area contributed by atoms with Crippen LogP contribution in [0.5, 0.6) is 0 Å². The van der Waals surface area contributed by atoms with Crippen LogP contribution in [0, 0.1) is 0 Å². The highest BCUT2D eigenvalue weighted by molar-refractivity contribution is 4.76. The molecule has 102 valence electrons. The molecule has 1 nitrogen and oxygen atoms in total. The standard InChI is InChI=1S/C16H32O/c1-5-6-7-8-9-10-11-12-13-14-15-17-16(2,3)4/h5-6H,7-15H2,1-4H3. The molecule has 0 aromatic carbocycles. The number of hydrogen-bond donors (Lipinski definition) is 0. The summed E-state index contributed by atoms with van der Waals surface area (Å²) in [5, 5.41) is 0. The summed E-state index contributed by atoms with van der Waals surface area (Å²) in [5.41, 5.74) is 0.0345. The summed E-state index contributed by atoms with van der Waals surface area (Å²) in [6.45, 7) is 9.39. The molecule has 0 N–H and O–H groups in total. The van der Waals surface area contributed by atoms with Gasteiger partial charge < -0.3 is 4.74 Å². The average molecular weight is 240 g/mol. The summed E-state index contributed by atoms with van der Waals surface area (Å²) >= 11 is 0. The minimum atomic E-state index is 0.0345. The molecule has 0 saturated heterocycles. The molecule has 0 spiro atoms. The van der Waals surface area contributed by atoms with Gasteiger partial charge >= 0.3 is 0 Å². The molecule has 0 rings (SSSR count). The molecule has 0 fully saturated rings. The molecule has 0 bridgehead atoms. The van der Waals surface area contributed by atoms with Crippen molar-refractivity contribution in [3.63, 3.8) is 0 Å². The molecular formula is C16H32O. The predicted molar refractivity (Wildman–Crippen MR) is 77.5 cm³/mol. The van der Waals surface area contributed by atoms with E-state index in [9.17, 15) is 0 Å². The first-order chi connectivity index (χ1) is 8.06. The van der Waals surface area contributed by atoms with Gasteiger partial charge in [-0.05, 0) is 47.0 Å². The van der Waals surface area contributed by atoms with Crippen molar-refractivity contribution in [3.05, 3.63) is 12.2 Å². The van der Waals surface area contributed by atoms with Crippen LogP contribution < -0.4 is 0 Å². The van der Waals surface area contributed by atoms with Crippen molar-refractivity contribution < 1.29 is 4.74 Å². The van der Waals surface area contributed by atoms with Crippen LogP contribution in [0.4, 0.5) is 0 Å². The van der Waals surface area contributed by atoms with Crippen LogP contribution in [0.15, 0.2) is 12.2 Å². The zero-order chi connectivity index (χ0) is 13.0. The van der Waals surface area contributed by atoms with E-state index in [1.54, 1.807) is 0 Å². The van der Waals surface area contributed by atoms with E-state index in [0.29, 0.717) is 0 Å². The lowest BCUT2D eigenvalue weighted by molar-refractivity contribution is -0.00474. The summed E-state index contributed by atoms with van der Waals surface area (Å²) in [4.78, 5) is 0. The van der Waals surface area contributed by atoms with E-state index in [1.165, 1.54) is 51.4 Å². The molecule has 0 aliphatic carbocycles. The number of rotatable bonds is 10. The van der Waals surface area contributed by atoms with Crippen LogP contribution in [0.1, 0.15) is 79.1 Å². The van der Waals surface area contributed by atoms with Gasteiger partial charge in [-0.3, -0.25) is 0 Å². The lowest BCUT2D eigenvalue weighted by Crippen LogP contribution is -2.19. The van der Waals surface area contributed by atoms with Gasteiger partial charge in [0, 0.05) is 6.61 Å². The van der Waals surface area contributed by atoms with E-state index in [4.69, 9.17) is 4.74 Å². The van der Waals surface area contributed by atoms with Crippen LogP contribution in [-0.2, 0) is 4.74 Å². The van der Waals surface area contributed by atoms with Crippen molar-refractivity contribution >= 4 is 0 Å². The molecule has 0 amide bonds. The lowest BCUT2D eigenvalue weighted by Gasteiger charge is -2.19. The van der Waals surface area contributed by atoms with Crippen LogP contribution >= 0.6 is 0 Å². The molecular weight excluding hydrogens is 208 g/mol.